The fraction of sp³-hybridized carbons (Fsp3) is 0.125. The molecule has 2 heterocycles. The SMILES string of the molecule is O=C(O)C1=CC(Cl)=N[C@H]2N=CC=C12. The van der Waals surface area contributed by atoms with Gasteiger partial charge in [-0.05, 0) is 12.2 Å². The molecule has 2 rings (SSSR count). The lowest BCUT2D eigenvalue weighted by Gasteiger charge is -2.13. The highest BCUT2D eigenvalue weighted by Crippen LogP contribution is 2.26. The van der Waals surface area contributed by atoms with Gasteiger partial charge in [-0.2, -0.15) is 0 Å². The molecule has 5 heteroatoms. The third-order valence-electron chi connectivity index (χ3n) is 1.81. The van der Waals surface area contributed by atoms with Crippen molar-refractivity contribution in [1.82, 2.24) is 0 Å². The van der Waals surface area contributed by atoms with Crippen LogP contribution in [0.5, 0.6) is 0 Å². The van der Waals surface area contributed by atoms with Crippen molar-refractivity contribution in [1.29, 1.82) is 0 Å². The summed E-state index contributed by atoms with van der Waals surface area (Å²) in [5.74, 6) is -1.00. The van der Waals surface area contributed by atoms with E-state index in [1.807, 2.05) is 0 Å². The van der Waals surface area contributed by atoms with E-state index in [1.165, 1.54) is 12.3 Å². The van der Waals surface area contributed by atoms with E-state index in [0.29, 0.717) is 5.57 Å². The molecule has 1 N–H and O–H groups in total. The van der Waals surface area contributed by atoms with Gasteiger partial charge in [-0.3, -0.25) is 4.99 Å². The number of fused-ring (bicyclic) bond motifs is 1. The van der Waals surface area contributed by atoms with Gasteiger partial charge in [0.2, 0.25) is 0 Å². The number of halogens is 1. The fourth-order valence-corrected chi connectivity index (χ4v) is 1.45. The average molecular weight is 197 g/mol. The molecule has 1 atom stereocenters. The van der Waals surface area contributed by atoms with Gasteiger partial charge in [0.25, 0.3) is 0 Å². The molecule has 2 aliphatic rings. The summed E-state index contributed by atoms with van der Waals surface area (Å²) in [5, 5.41) is 9.00. The maximum atomic E-state index is 10.8. The monoisotopic (exact) mass is 196 g/mol. The van der Waals surface area contributed by atoms with Crippen molar-refractivity contribution in [2.24, 2.45) is 9.98 Å². The molecule has 0 spiro atoms. The zero-order valence-corrected chi connectivity index (χ0v) is 7.19. The fourth-order valence-electron chi connectivity index (χ4n) is 1.24. The van der Waals surface area contributed by atoms with Gasteiger partial charge < -0.3 is 5.11 Å². The smallest absolute Gasteiger partial charge is 0.336 e. The number of nitrogens with zero attached hydrogens (tertiary/aromatic N) is 2. The molecule has 0 saturated heterocycles. The van der Waals surface area contributed by atoms with E-state index in [-0.39, 0.29) is 10.7 Å². The Balaban J connectivity index is 2.47. The number of aliphatic carboxylic acids is 1. The summed E-state index contributed by atoms with van der Waals surface area (Å²) in [4.78, 5) is 18.7. The van der Waals surface area contributed by atoms with Crippen LogP contribution in [0.15, 0.2) is 33.3 Å². The predicted molar refractivity (Wildman–Crippen MR) is 49.4 cm³/mol. The van der Waals surface area contributed by atoms with Gasteiger partial charge in [-0.25, -0.2) is 9.79 Å². The lowest BCUT2D eigenvalue weighted by Crippen LogP contribution is -2.17. The second kappa shape index (κ2) is 2.81. The molecule has 0 aromatic heterocycles. The number of dihydropyridines is 1. The Morgan fingerprint density at radius 1 is 1.62 bits per heavy atom. The molecule has 0 aromatic rings. The van der Waals surface area contributed by atoms with Gasteiger partial charge in [-0.1, -0.05) is 11.6 Å². The minimum Gasteiger partial charge on any atom is -0.478 e. The van der Waals surface area contributed by atoms with Crippen LogP contribution >= 0.6 is 11.6 Å². The minimum absolute atomic E-state index is 0.169. The van der Waals surface area contributed by atoms with Crippen molar-refractivity contribution in [3.63, 3.8) is 0 Å². The molecule has 0 aliphatic carbocycles. The zero-order valence-electron chi connectivity index (χ0n) is 6.44. The van der Waals surface area contributed by atoms with Crippen molar-refractivity contribution in [2.45, 2.75) is 6.17 Å². The second-order valence-corrected chi connectivity index (χ2v) is 3.00. The molecule has 0 fully saturated rings. The first kappa shape index (κ1) is 8.19. The third kappa shape index (κ3) is 1.29. The van der Waals surface area contributed by atoms with Gasteiger partial charge in [-0.15, -0.1) is 0 Å². The average Bonchev–Trinajstić information content (AvgIpc) is 2.49. The highest BCUT2D eigenvalue weighted by atomic mass is 35.5. The van der Waals surface area contributed by atoms with E-state index in [4.69, 9.17) is 16.7 Å². The molecule has 0 bridgehead atoms. The van der Waals surface area contributed by atoms with Crippen LogP contribution < -0.4 is 0 Å². The van der Waals surface area contributed by atoms with Crippen molar-refractivity contribution in [3.05, 3.63) is 23.3 Å². The molecule has 0 saturated carbocycles. The van der Waals surface area contributed by atoms with E-state index in [1.54, 1.807) is 6.08 Å². The van der Waals surface area contributed by atoms with Gasteiger partial charge >= 0.3 is 5.97 Å². The summed E-state index contributed by atoms with van der Waals surface area (Å²) in [6.45, 7) is 0. The number of allylic oxidation sites excluding steroid dienone is 2. The van der Waals surface area contributed by atoms with Crippen molar-refractivity contribution >= 4 is 29.0 Å². The largest absolute Gasteiger partial charge is 0.478 e. The van der Waals surface area contributed by atoms with Gasteiger partial charge in [0.1, 0.15) is 5.17 Å². The first-order valence-corrected chi connectivity index (χ1v) is 3.98. The van der Waals surface area contributed by atoms with E-state index in [9.17, 15) is 4.79 Å². The van der Waals surface area contributed by atoms with Crippen LogP contribution in [0, 0.1) is 0 Å². The van der Waals surface area contributed by atoms with Crippen LogP contribution in [0.25, 0.3) is 0 Å². The number of carboxylic acids is 1. The van der Waals surface area contributed by atoms with Gasteiger partial charge in [0.05, 0.1) is 5.57 Å². The number of rotatable bonds is 1. The molecule has 0 aromatic carbocycles. The van der Waals surface area contributed by atoms with E-state index < -0.39 is 12.1 Å². The Morgan fingerprint density at radius 2 is 2.38 bits per heavy atom. The molecular weight excluding hydrogens is 192 g/mol. The highest BCUT2D eigenvalue weighted by Gasteiger charge is 2.27. The Bertz CT molecular complexity index is 393. The van der Waals surface area contributed by atoms with Crippen molar-refractivity contribution in [3.8, 4) is 0 Å². The molecule has 4 nitrogen and oxygen atoms in total. The van der Waals surface area contributed by atoms with Crippen LogP contribution in [-0.4, -0.2) is 28.6 Å². The second-order valence-electron chi connectivity index (χ2n) is 2.61. The van der Waals surface area contributed by atoms with Crippen LogP contribution in [0.3, 0.4) is 0 Å². The summed E-state index contributed by atoms with van der Waals surface area (Å²) in [5.41, 5.74) is 0.763. The summed E-state index contributed by atoms with van der Waals surface area (Å²) in [6, 6.07) is 0. The van der Waals surface area contributed by atoms with Crippen LogP contribution in [-0.2, 0) is 4.79 Å². The third-order valence-corrected chi connectivity index (χ3v) is 2.02. The number of aliphatic imine (C=N–C) groups is 2. The number of hydrogen-bond acceptors (Lipinski definition) is 3. The standard InChI is InChI=1S/C8H5ClN2O2/c9-6-3-5(8(12)13)4-1-2-10-7(4)11-6/h1-3,7H,(H,12,13)/t7-/m1/s1. The Hall–Kier alpha value is -1.42. The normalized spacial score (nSPS) is 24.7. The zero-order chi connectivity index (χ0) is 9.42. The molecular formula is C8H5ClN2O2. The molecule has 66 valence electrons. The Kier molecular flexibility index (Phi) is 1.77. The number of hydrogen-bond donors (Lipinski definition) is 1. The van der Waals surface area contributed by atoms with Crippen molar-refractivity contribution in [2.75, 3.05) is 0 Å². The van der Waals surface area contributed by atoms with Crippen LogP contribution in [0.2, 0.25) is 0 Å². The molecule has 0 amide bonds. The first-order chi connectivity index (χ1) is 6.18. The molecule has 0 unspecified atom stereocenters. The summed E-state index contributed by atoms with van der Waals surface area (Å²) < 4.78 is 0. The first-order valence-electron chi connectivity index (χ1n) is 3.60. The molecule has 2 aliphatic heterocycles. The maximum absolute atomic E-state index is 10.8. The van der Waals surface area contributed by atoms with Crippen molar-refractivity contribution < 1.29 is 9.90 Å². The predicted octanol–water partition coefficient (Wildman–Crippen LogP) is 0.985. The maximum Gasteiger partial charge on any atom is 0.336 e. The Morgan fingerprint density at radius 3 is 3.08 bits per heavy atom. The minimum atomic E-state index is -1.00. The Labute approximate surface area is 79.0 Å². The van der Waals surface area contributed by atoms with Crippen LogP contribution in [0.4, 0.5) is 0 Å². The quantitative estimate of drug-likeness (QED) is 0.680. The number of carboxylic acid groups (broad SMARTS) is 1. The highest BCUT2D eigenvalue weighted by molar-refractivity contribution is 6.68. The summed E-state index contributed by atoms with van der Waals surface area (Å²) >= 11 is 5.63. The van der Waals surface area contributed by atoms with E-state index in [2.05, 4.69) is 9.98 Å². The van der Waals surface area contributed by atoms with E-state index >= 15 is 0 Å². The topological polar surface area (TPSA) is 62.0 Å². The summed E-state index contributed by atoms with van der Waals surface area (Å²) in [7, 11) is 0. The van der Waals surface area contributed by atoms with Gasteiger partial charge in [0.15, 0.2) is 6.17 Å². The summed E-state index contributed by atoms with van der Waals surface area (Å²) in [6.07, 6.45) is 4.05. The molecule has 0 radical (unpaired) electrons. The lowest BCUT2D eigenvalue weighted by atomic mass is 10.0. The number of carbonyl (C=O) groups is 1. The van der Waals surface area contributed by atoms with E-state index in [0.717, 1.165) is 0 Å². The van der Waals surface area contributed by atoms with Crippen LogP contribution in [0.1, 0.15) is 0 Å². The van der Waals surface area contributed by atoms with Gasteiger partial charge in [0, 0.05) is 11.8 Å². The lowest BCUT2D eigenvalue weighted by molar-refractivity contribution is -0.132. The molecule has 13 heavy (non-hydrogen) atoms.